The third-order valence-electron chi connectivity index (χ3n) is 4.71. The SMILES string of the molecule is COc1ccc(CNC(=O)[C@@H]2CS[C@@]3(C)CCC(=O)N23)cc1C(=O)O. The maximum Gasteiger partial charge on any atom is 0.339 e. The maximum atomic E-state index is 12.5. The molecule has 0 unspecified atom stereocenters. The van der Waals surface area contributed by atoms with E-state index in [0.717, 1.165) is 6.42 Å². The highest BCUT2D eigenvalue weighted by Gasteiger charge is 2.52. The highest BCUT2D eigenvalue weighted by Crippen LogP contribution is 2.47. The number of amides is 2. The van der Waals surface area contributed by atoms with E-state index in [1.165, 1.54) is 13.2 Å². The number of carboxylic acid groups (broad SMARTS) is 1. The minimum atomic E-state index is -1.09. The molecular formula is C17H20N2O5S. The van der Waals surface area contributed by atoms with Gasteiger partial charge < -0.3 is 20.1 Å². The summed E-state index contributed by atoms with van der Waals surface area (Å²) in [5.74, 6) is -0.426. The normalized spacial score (nSPS) is 25.0. The molecule has 0 radical (unpaired) electrons. The van der Waals surface area contributed by atoms with E-state index in [0.29, 0.717) is 17.7 Å². The van der Waals surface area contributed by atoms with E-state index in [-0.39, 0.29) is 34.5 Å². The van der Waals surface area contributed by atoms with E-state index in [9.17, 15) is 19.5 Å². The van der Waals surface area contributed by atoms with Crippen LogP contribution in [0.1, 0.15) is 35.7 Å². The standard InChI is InChI=1S/C17H20N2O5S/c1-17-6-5-14(20)19(17)12(9-25-17)15(21)18-8-10-3-4-13(24-2)11(7-10)16(22)23/h3-4,7,12H,5-6,8-9H2,1-2H3,(H,18,21)(H,22,23)/t12-,17-/m0/s1. The lowest BCUT2D eigenvalue weighted by Gasteiger charge is -2.29. The zero-order valence-corrected chi connectivity index (χ0v) is 14.9. The number of fused-ring (bicyclic) bond motifs is 1. The van der Waals surface area contributed by atoms with Crippen LogP contribution in [0.2, 0.25) is 0 Å². The fraction of sp³-hybridized carbons (Fsp3) is 0.471. The molecule has 0 bridgehead atoms. The van der Waals surface area contributed by atoms with E-state index in [1.807, 2.05) is 6.92 Å². The number of hydrogen-bond acceptors (Lipinski definition) is 5. The van der Waals surface area contributed by atoms with Crippen molar-refractivity contribution in [2.75, 3.05) is 12.9 Å². The molecule has 0 saturated carbocycles. The van der Waals surface area contributed by atoms with Gasteiger partial charge in [0.2, 0.25) is 11.8 Å². The van der Waals surface area contributed by atoms with Crippen molar-refractivity contribution in [1.29, 1.82) is 0 Å². The predicted molar refractivity (Wildman–Crippen MR) is 92.5 cm³/mol. The van der Waals surface area contributed by atoms with Crippen molar-refractivity contribution in [3.05, 3.63) is 29.3 Å². The van der Waals surface area contributed by atoms with Gasteiger partial charge in [0.05, 0.1) is 12.0 Å². The van der Waals surface area contributed by atoms with Gasteiger partial charge in [0.15, 0.2) is 0 Å². The van der Waals surface area contributed by atoms with E-state index in [1.54, 1.807) is 28.8 Å². The van der Waals surface area contributed by atoms with Crippen molar-refractivity contribution in [3.63, 3.8) is 0 Å². The average Bonchev–Trinajstić information content (AvgIpc) is 3.08. The predicted octanol–water partition coefficient (Wildman–Crippen LogP) is 1.46. The number of thioether (sulfide) groups is 1. The molecule has 2 amide bonds. The number of aromatic carboxylic acids is 1. The molecule has 0 aromatic heterocycles. The van der Waals surface area contributed by atoms with Crippen LogP contribution in [0.3, 0.4) is 0 Å². The van der Waals surface area contributed by atoms with Gasteiger partial charge in [-0.25, -0.2) is 4.79 Å². The molecule has 25 heavy (non-hydrogen) atoms. The molecule has 2 aliphatic rings. The van der Waals surface area contributed by atoms with Crippen LogP contribution in [0.15, 0.2) is 18.2 Å². The highest BCUT2D eigenvalue weighted by atomic mass is 32.2. The number of methoxy groups -OCH3 is 1. The minimum absolute atomic E-state index is 0.0188. The summed E-state index contributed by atoms with van der Waals surface area (Å²) in [5.41, 5.74) is 0.709. The summed E-state index contributed by atoms with van der Waals surface area (Å²) >= 11 is 1.64. The van der Waals surface area contributed by atoms with Crippen molar-refractivity contribution < 1.29 is 24.2 Å². The Morgan fingerprint density at radius 3 is 2.92 bits per heavy atom. The molecule has 134 valence electrons. The monoisotopic (exact) mass is 364 g/mol. The van der Waals surface area contributed by atoms with Gasteiger partial charge >= 0.3 is 5.97 Å². The first-order valence-corrected chi connectivity index (χ1v) is 8.98. The van der Waals surface area contributed by atoms with Crippen LogP contribution in [-0.4, -0.2) is 51.6 Å². The Bertz CT molecular complexity index is 738. The second-order valence-corrected chi connectivity index (χ2v) is 7.82. The molecule has 7 nitrogen and oxygen atoms in total. The van der Waals surface area contributed by atoms with E-state index in [4.69, 9.17) is 4.74 Å². The van der Waals surface area contributed by atoms with Crippen LogP contribution >= 0.6 is 11.8 Å². The van der Waals surface area contributed by atoms with Crippen LogP contribution < -0.4 is 10.1 Å². The lowest BCUT2D eigenvalue weighted by molar-refractivity contribution is -0.138. The van der Waals surface area contributed by atoms with Crippen molar-refractivity contribution in [1.82, 2.24) is 10.2 Å². The molecule has 0 spiro atoms. The molecule has 2 N–H and O–H groups in total. The van der Waals surface area contributed by atoms with E-state index in [2.05, 4.69) is 5.32 Å². The molecule has 0 aliphatic carbocycles. The third-order valence-corrected chi connectivity index (χ3v) is 6.21. The molecule has 1 aromatic carbocycles. The maximum absolute atomic E-state index is 12.5. The van der Waals surface area contributed by atoms with Gasteiger partial charge in [-0.2, -0.15) is 0 Å². The molecule has 2 saturated heterocycles. The van der Waals surface area contributed by atoms with Gasteiger partial charge in [-0.05, 0) is 31.0 Å². The molecule has 1 aromatic rings. The summed E-state index contributed by atoms with van der Waals surface area (Å²) in [7, 11) is 1.41. The Balaban J connectivity index is 1.68. The van der Waals surface area contributed by atoms with Crippen molar-refractivity contribution in [2.24, 2.45) is 0 Å². The summed E-state index contributed by atoms with van der Waals surface area (Å²) in [6.45, 7) is 2.20. The zero-order chi connectivity index (χ0) is 18.2. The fourth-order valence-corrected chi connectivity index (χ4v) is 4.79. The smallest absolute Gasteiger partial charge is 0.339 e. The van der Waals surface area contributed by atoms with Gasteiger partial charge in [-0.1, -0.05) is 6.07 Å². The largest absolute Gasteiger partial charge is 0.496 e. The number of carbonyl (C=O) groups excluding carboxylic acids is 2. The molecule has 2 fully saturated rings. The lowest BCUT2D eigenvalue weighted by atomic mass is 10.1. The Morgan fingerprint density at radius 1 is 1.48 bits per heavy atom. The summed E-state index contributed by atoms with van der Waals surface area (Å²) in [6, 6.07) is 4.29. The van der Waals surface area contributed by atoms with Crippen LogP contribution in [0, 0.1) is 0 Å². The summed E-state index contributed by atoms with van der Waals surface area (Å²) in [5, 5.41) is 12.0. The van der Waals surface area contributed by atoms with E-state index < -0.39 is 12.0 Å². The van der Waals surface area contributed by atoms with Crippen LogP contribution in [0.4, 0.5) is 0 Å². The number of benzene rings is 1. The number of carboxylic acids is 1. The third kappa shape index (κ3) is 3.18. The van der Waals surface area contributed by atoms with Crippen molar-refractivity contribution in [3.8, 4) is 5.75 Å². The molecule has 2 aliphatic heterocycles. The summed E-state index contributed by atoms with van der Waals surface area (Å²) in [4.78, 5) is 37.3. The summed E-state index contributed by atoms with van der Waals surface area (Å²) < 4.78 is 5.02. The van der Waals surface area contributed by atoms with Gasteiger partial charge in [-0.3, -0.25) is 9.59 Å². The molecule has 2 heterocycles. The Hall–Kier alpha value is -2.22. The Morgan fingerprint density at radius 2 is 2.24 bits per heavy atom. The fourth-order valence-electron chi connectivity index (χ4n) is 3.35. The molecule has 3 rings (SSSR count). The van der Waals surface area contributed by atoms with Crippen LogP contribution in [-0.2, 0) is 16.1 Å². The van der Waals surface area contributed by atoms with Crippen LogP contribution in [0.25, 0.3) is 0 Å². The number of nitrogens with zero attached hydrogens (tertiary/aromatic N) is 1. The first-order valence-electron chi connectivity index (χ1n) is 8.00. The second-order valence-electron chi connectivity index (χ2n) is 6.32. The lowest BCUT2D eigenvalue weighted by Crippen LogP contribution is -2.49. The van der Waals surface area contributed by atoms with Crippen LogP contribution in [0.5, 0.6) is 5.75 Å². The first-order chi connectivity index (χ1) is 11.9. The topological polar surface area (TPSA) is 95.9 Å². The number of hydrogen-bond donors (Lipinski definition) is 2. The second kappa shape index (κ2) is 6.59. The average molecular weight is 364 g/mol. The van der Waals surface area contributed by atoms with Gasteiger partial charge in [-0.15, -0.1) is 11.8 Å². The minimum Gasteiger partial charge on any atom is -0.496 e. The first kappa shape index (κ1) is 17.6. The number of rotatable bonds is 5. The van der Waals surface area contributed by atoms with Gasteiger partial charge in [0.25, 0.3) is 0 Å². The van der Waals surface area contributed by atoms with Crippen molar-refractivity contribution >= 4 is 29.5 Å². The van der Waals surface area contributed by atoms with Gasteiger partial charge in [0, 0.05) is 18.7 Å². The number of nitrogens with one attached hydrogen (secondary N) is 1. The summed E-state index contributed by atoms with van der Waals surface area (Å²) in [6.07, 6.45) is 1.24. The van der Waals surface area contributed by atoms with Gasteiger partial charge in [0.1, 0.15) is 17.4 Å². The zero-order valence-electron chi connectivity index (χ0n) is 14.1. The van der Waals surface area contributed by atoms with Crippen molar-refractivity contribution in [2.45, 2.75) is 37.2 Å². The molecule has 2 atom stereocenters. The Kier molecular flexibility index (Phi) is 4.64. The molecular weight excluding hydrogens is 344 g/mol. The van der Waals surface area contributed by atoms with E-state index >= 15 is 0 Å². The highest BCUT2D eigenvalue weighted by molar-refractivity contribution is 8.01. The Labute approximate surface area is 149 Å². The quantitative estimate of drug-likeness (QED) is 0.821. The number of carbonyl (C=O) groups is 3. The molecule has 8 heteroatoms. The number of ether oxygens (including phenoxy) is 1.